The number of para-hydroxylation sites is 1. The first kappa shape index (κ1) is 19.4. The molecule has 0 bridgehead atoms. The number of fused-ring (bicyclic) bond motifs is 1. The van der Waals surface area contributed by atoms with Crippen molar-refractivity contribution < 1.29 is 14.0 Å². The molecule has 7 heteroatoms. The van der Waals surface area contributed by atoms with Gasteiger partial charge in [-0.25, -0.2) is 9.18 Å². The SMILES string of the molecule is O=C1CC(NC(=O)N2CCn3cccc3C2c2ccc(F)cc2)CN1c1ccccc1. The highest BCUT2D eigenvalue weighted by molar-refractivity contribution is 5.96. The largest absolute Gasteiger partial charge is 0.348 e. The minimum atomic E-state index is -0.313. The molecule has 0 saturated carbocycles. The third-order valence-electron chi connectivity index (χ3n) is 6.01. The number of carbonyl (C=O) groups excluding carboxylic acids is 2. The summed E-state index contributed by atoms with van der Waals surface area (Å²) in [7, 11) is 0. The molecule has 0 radical (unpaired) electrons. The van der Waals surface area contributed by atoms with E-state index in [1.165, 1.54) is 12.1 Å². The van der Waals surface area contributed by atoms with E-state index >= 15 is 0 Å². The second-order valence-electron chi connectivity index (χ2n) is 7.96. The first-order chi connectivity index (χ1) is 15.1. The van der Waals surface area contributed by atoms with E-state index < -0.39 is 0 Å². The van der Waals surface area contributed by atoms with Gasteiger partial charge in [-0.15, -0.1) is 0 Å². The highest BCUT2D eigenvalue weighted by atomic mass is 19.1. The third-order valence-corrected chi connectivity index (χ3v) is 6.01. The fraction of sp³-hybridized carbons (Fsp3) is 0.250. The van der Waals surface area contributed by atoms with Crippen molar-refractivity contribution in [3.8, 4) is 0 Å². The molecular formula is C24H23FN4O2. The lowest BCUT2D eigenvalue weighted by molar-refractivity contribution is -0.117. The molecule has 2 unspecified atom stereocenters. The average Bonchev–Trinajstić information content (AvgIpc) is 3.40. The van der Waals surface area contributed by atoms with Crippen molar-refractivity contribution in [2.75, 3.05) is 18.0 Å². The Bertz CT molecular complexity index is 1100. The zero-order valence-corrected chi connectivity index (χ0v) is 16.9. The maximum absolute atomic E-state index is 13.5. The Hall–Kier alpha value is -3.61. The molecule has 3 aromatic rings. The lowest BCUT2D eigenvalue weighted by Crippen LogP contribution is -2.50. The standard InChI is InChI=1S/C24H23FN4O2/c25-18-10-8-17(9-11-18)23-21-7-4-12-27(21)13-14-28(23)24(31)26-19-15-22(30)29(16-19)20-5-2-1-3-6-20/h1-12,19,23H,13-16H2,(H,26,31). The monoisotopic (exact) mass is 418 g/mol. The van der Waals surface area contributed by atoms with Crippen molar-refractivity contribution in [3.63, 3.8) is 0 Å². The summed E-state index contributed by atoms with van der Waals surface area (Å²) in [5, 5.41) is 3.05. The van der Waals surface area contributed by atoms with Gasteiger partial charge in [0, 0.05) is 43.6 Å². The Morgan fingerprint density at radius 3 is 2.52 bits per heavy atom. The molecule has 31 heavy (non-hydrogen) atoms. The van der Waals surface area contributed by atoms with E-state index in [1.54, 1.807) is 21.9 Å². The highest BCUT2D eigenvalue weighted by Gasteiger charge is 2.36. The van der Waals surface area contributed by atoms with Crippen molar-refractivity contribution in [1.82, 2.24) is 14.8 Å². The highest BCUT2D eigenvalue weighted by Crippen LogP contribution is 2.33. The summed E-state index contributed by atoms with van der Waals surface area (Å²) in [5.41, 5.74) is 2.68. The van der Waals surface area contributed by atoms with Gasteiger partial charge in [0.1, 0.15) is 5.82 Å². The third kappa shape index (κ3) is 3.67. The van der Waals surface area contributed by atoms with E-state index in [-0.39, 0.29) is 36.3 Å². The molecule has 0 spiro atoms. The number of urea groups is 1. The van der Waals surface area contributed by atoms with Crippen LogP contribution >= 0.6 is 0 Å². The lowest BCUT2D eigenvalue weighted by Gasteiger charge is -2.37. The minimum absolute atomic E-state index is 0.000829. The number of hydrogen-bond donors (Lipinski definition) is 1. The topological polar surface area (TPSA) is 57.6 Å². The number of aromatic nitrogens is 1. The Morgan fingerprint density at radius 2 is 1.74 bits per heavy atom. The molecule has 158 valence electrons. The van der Waals surface area contributed by atoms with Crippen LogP contribution in [0.5, 0.6) is 0 Å². The second-order valence-corrected chi connectivity index (χ2v) is 7.96. The van der Waals surface area contributed by atoms with Crippen LogP contribution in [0.1, 0.15) is 23.7 Å². The average molecular weight is 418 g/mol. The van der Waals surface area contributed by atoms with Crippen molar-refractivity contribution in [1.29, 1.82) is 0 Å². The molecule has 2 aromatic carbocycles. The van der Waals surface area contributed by atoms with Gasteiger partial charge < -0.3 is 19.7 Å². The Kier molecular flexibility index (Phi) is 4.94. The predicted molar refractivity (Wildman–Crippen MR) is 115 cm³/mol. The zero-order valence-electron chi connectivity index (χ0n) is 16.9. The van der Waals surface area contributed by atoms with Crippen LogP contribution in [-0.2, 0) is 11.3 Å². The molecule has 2 aliphatic heterocycles. The van der Waals surface area contributed by atoms with Crippen molar-refractivity contribution >= 4 is 17.6 Å². The molecule has 2 atom stereocenters. The molecule has 1 aromatic heterocycles. The number of carbonyl (C=O) groups is 2. The number of hydrogen-bond acceptors (Lipinski definition) is 2. The van der Waals surface area contributed by atoms with Gasteiger partial charge in [-0.3, -0.25) is 4.79 Å². The Labute approximate surface area is 179 Å². The van der Waals surface area contributed by atoms with Gasteiger partial charge in [0.05, 0.1) is 12.1 Å². The van der Waals surface area contributed by atoms with Gasteiger partial charge in [0.2, 0.25) is 5.91 Å². The lowest BCUT2D eigenvalue weighted by atomic mass is 10.00. The number of halogens is 1. The van der Waals surface area contributed by atoms with Crippen LogP contribution in [0.4, 0.5) is 14.9 Å². The summed E-state index contributed by atoms with van der Waals surface area (Å²) in [4.78, 5) is 29.3. The molecule has 2 aliphatic rings. The van der Waals surface area contributed by atoms with Gasteiger partial charge in [-0.2, -0.15) is 0 Å². The molecule has 6 nitrogen and oxygen atoms in total. The smallest absolute Gasteiger partial charge is 0.318 e. The normalized spacial score (nSPS) is 20.6. The van der Waals surface area contributed by atoms with E-state index in [4.69, 9.17) is 0 Å². The van der Waals surface area contributed by atoms with Crippen LogP contribution in [0.15, 0.2) is 72.9 Å². The minimum Gasteiger partial charge on any atom is -0.348 e. The quantitative estimate of drug-likeness (QED) is 0.707. The summed E-state index contributed by atoms with van der Waals surface area (Å²) in [6, 6.07) is 18.9. The molecule has 0 aliphatic carbocycles. The summed E-state index contributed by atoms with van der Waals surface area (Å²) >= 11 is 0. The number of nitrogens with one attached hydrogen (secondary N) is 1. The molecule has 1 saturated heterocycles. The summed E-state index contributed by atoms with van der Waals surface area (Å²) in [6.07, 6.45) is 2.26. The maximum atomic E-state index is 13.5. The van der Waals surface area contributed by atoms with E-state index in [2.05, 4.69) is 9.88 Å². The van der Waals surface area contributed by atoms with Gasteiger partial charge in [-0.1, -0.05) is 30.3 Å². The number of rotatable bonds is 3. The van der Waals surface area contributed by atoms with Crippen LogP contribution in [0.2, 0.25) is 0 Å². The van der Waals surface area contributed by atoms with Crippen molar-refractivity contribution in [3.05, 3.63) is 90.0 Å². The number of amides is 3. The molecule has 3 amide bonds. The van der Waals surface area contributed by atoms with E-state index in [0.29, 0.717) is 19.6 Å². The van der Waals surface area contributed by atoms with E-state index in [9.17, 15) is 14.0 Å². The molecular weight excluding hydrogens is 395 g/mol. The fourth-order valence-electron chi connectivity index (χ4n) is 4.52. The fourth-order valence-corrected chi connectivity index (χ4v) is 4.52. The number of benzene rings is 2. The Balaban J connectivity index is 1.36. The second kappa shape index (κ2) is 7.91. The van der Waals surface area contributed by atoms with Crippen LogP contribution in [0, 0.1) is 5.82 Å². The van der Waals surface area contributed by atoms with E-state index in [1.807, 2.05) is 48.7 Å². The van der Waals surface area contributed by atoms with Crippen molar-refractivity contribution in [2.24, 2.45) is 0 Å². The predicted octanol–water partition coefficient (Wildman–Crippen LogP) is 3.55. The Morgan fingerprint density at radius 1 is 0.968 bits per heavy atom. The van der Waals surface area contributed by atoms with Gasteiger partial charge in [-0.05, 0) is 42.0 Å². The van der Waals surface area contributed by atoms with Gasteiger partial charge >= 0.3 is 6.03 Å². The van der Waals surface area contributed by atoms with Crippen LogP contribution < -0.4 is 10.2 Å². The number of nitrogens with zero attached hydrogens (tertiary/aromatic N) is 3. The molecule has 1 N–H and O–H groups in total. The summed E-state index contributed by atoms with van der Waals surface area (Å²) in [5.74, 6) is -0.310. The molecule has 1 fully saturated rings. The van der Waals surface area contributed by atoms with E-state index in [0.717, 1.165) is 16.9 Å². The van der Waals surface area contributed by atoms with Gasteiger partial charge in [0.15, 0.2) is 0 Å². The van der Waals surface area contributed by atoms with Crippen LogP contribution in [0.25, 0.3) is 0 Å². The van der Waals surface area contributed by atoms with Crippen LogP contribution in [0.3, 0.4) is 0 Å². The molecule has 3 heterocycles. The van der Waals surface area contributed by atoms with Gasteiger partial charge in [0.25, 0.3) is 0 Å². The molecule has 5 rings (SSSR count). The zero-order chi connectivity index (χ0) is 21.4. The summed E-state index contributed by atoms with van der Waals surface area (Å²) in [6.45, 7) is 1.66. The maximum Gasteiger partial charge on any atom is 0.318 e. The first-order valence-electron chi connectivity index (χ1n) is 10.4. The number of anilines is 1. The van der Waals surface area contributed by atoms with Crippen molar-refractivity contribution in [2.45, 2.75) is 25.0 Å². The first-order valence-corrected chi connectivity index (χ1v) is 10.4. The summed E-state index contributed by atoms with van der Waals surface area (Å²) < 4.78 is 15.6. The van der Waals surface area contributed by atoms with Crippen LogP contribution in [-0.4, -0.2) is 40.5 Å².